The molecule has 2 aliphatic rings. The van der Waals surface area contributed by atoms with Crippen LogP contribution in [0.4, 0.5) is 11.6 Å². The molecule has 30 heavy (non-hydrogen) atoms. The lowest BCUT2D eigenvalue weighted by Crippen LogP contribution is -2.51. The van der Waals surface area contributed by atoms with Crippen molar-refractivity contribution in [3.05, 3.63) is 45.3 Å². The summed E-state index contributed by atoms with van der Waals surface area (Å²) < 4.78 is 5.10. The van der Waals surface area contributed by atoms with Gasteiger partial charge in [0, 0.05) is 23.8 Å². The Balaban J connectivity index is 1.74. The van der Waals surface area contributed by atoms with E-state index in [-0.39, 0.29) is 28.7 Å². The van der Waals surface area contributed by atoms with E-state index in [4.69, 9.17) is 4.74 Å². The first-order valence-electron chi connectivity index (χ1n) is 9.93. The van der Waals surface area contributed by atoms with Gasteiger partial charge in [0.05, 0.1) is 18.7 Å². The quantitative estimate of drug-likeness (QED) is 0.759. The summed E-state index contributed by atoms with van der Waals surface area (Å²) >= 11 is 0. The van der Waals surface area contributed by atoms with Crippen LogP contribution in [0.3, 0.4) is 0 Å². The zero-order valence-electron chi connectivity index (χ0n) is 16.9. The van der Waals surface area contributed by atoms with E-state index in [0.29, 0.717) is 17.4 Å². The van der Waals surface area contributed by atoms with Crippen LogP contribution in [0.2, 0.25) is 0 Å². The van der Waals surface area contributed by atoms with Gasteiger partial charge in [-0.15, -0.1) is 0 Å². The molecule has 1 fully saturated rings. The molecule has 156 valence electrons. The summed E-state index contributed by atoms with van der Waals surface area (Å²) in [4.78, 5) is 51.1. The highest BCUT2D eigenvalue weighted by molar-refractivity contribution is 6.23. The number of nitrogens with zero attached hydrogens (tertiary/aromatic N) is 3. The lowest BCUT2D eigenvalue weighted by molar-refractivity contribution is -0.118. The number of amides is 2. The Morgan fingerprint density at radius 1 is 1.23 bits per heavy atom. The molecule has 4 rings (SSSR count). The number of benzene rings is 1. The van der Waals surface area contributed by atoms with Crippen molar-refractivity contribution < 1.29 is 14.3 Å². The highest BCUT2D eigenvalue weighted by atomic mass is 16.5. The number of fused-ring (bicyclic) bond motifs is 1. The average molecular weight is 409 g/mol. The van der Waals surface area contributed by atoms with Gasteiger partial charge in [0.15, 0.2) is 5.49 Å². The third-order valence-corrected chi connectivity index (χ3v) is 5.45. The standard InChI is InChI=1S/C21H23N5O4/c1-12-5-3-4-10-26(12)21-24-18-17(20(29)25-21)15(11-16(27)23-18)19(28)22-13-6-8-14(30-2)9-7-13/h6-9,12H,3-5,10-11H2,1-2H3,(H,22,28)(H,23,24,25,27,29). The van der Waals surface area contributed by atoms with Gasteiger partial charge in [0.25, 0.3) is 17.4 Å². The summed E-state index contributed by atoms with van der Waals surface area (Å²) in [5, 5.41) is 2.77. The van der Waals surface area contributed by atoms with Crippen molar-refractivity contribution in [3.8, 4) is 5.75 Å². The minimum absolute atomic E-state index is 0.00246. The number of aromatic nitrogens is 2. The summed E-state index contributed by atoms with van der Waals surface area (Å²) in [5.74, 6) is 0.00579. The number of hydrogen-bond donors (Lipinski definition) is 2. The fourth-order valence-electron chi connectivity index (χ4n) is 3.82. The second-order valence-corrected chi connectivity index (χ2v) is 7.47. The Labute approximate surface area is 172 Å². The number of piperidine rings is 1. The summed E-state index contributed by atoms with van der Waals surface area (Å²) in [6.45, 7) is 2.84. The monoisotopic (exact) mass is 409 g/mol. The predicted molar refractivity (Wildman–Crippen MR) is 111 cm³/mol. The maximum atomic E-state index is 12.9. The highest BCUT2D eigenvalue weighted by Gasteiger charge is 2.25. The normalized spacial score (nSPS) is 18.5. The average Bonchev–Trinajstić information content (AvgIpc) is 2.73. The molecule has 0 radical (unpaired) electrons. The minimum atomic E-state index is -0.531. The Kier molecular flexibility index (Phi) is 5.35. The molecular formula is C21H23N5O4. The Morgan fingerprint density at radius 2 is 2.00 bits per heavy atom. The number of carbonyl (C=O) groups is 2. The van der Waals surface area contributed by atoms with E-state index < -0.39 is 17.4 Å². The molecule has 0 saturated carbocycles. The molecule has 1 unspecified atom stereocenters. The largest absolute Gasteiger partial charge is 0.497 e. The van der Waals surface area contributed by atoms with Crippen molar-refractivity contribution in [1.29, 1.82) is 0 Å². The van der Waals surface area contributed by atoms with E-state index in [2.05, 4.69) is 27.2 Å². The third-order valence-electron chi connectivity index (χ3n) is 5.45. The number of ether oxygens (including phenoxy) is 1. The highest BCUT2D eigenvalue weighted by Crippen LogP contribution is 2.20. The van der Waals surface area contributed by atoms with Crippen LogP contribution in [0.25, 0.3) is 5.57 Å². The lowest BCUT2D eigenvalue weighted by atomic mass is 10.0. The van der Waals surface area contributed by atoms with Gasteiger partial charge in [-0.3, -0.25) is 19.4 Å². The fourth-order valence-corrected chi connectivity index (χ4v) is 3.82. The van der Waals surface area contributed by atoms with Crippen molar-refractivity contribution in [2.45, 2.75) is 38.6 Å². The molecular weight excluding hydrogens is 386 g/mol. The van der Waals surface area contributed by atoms with Gasteiger partial charge in [-0.1, -0.05) is 0 Å². The number of anilines is 2. The van der Waals surface area contributed by atoms with Crippen LogP contribution in [-0.4, -0.2) is 41.5 Å². The molecule has 1 saturated heterocycles. The van der Waals surface area contributed by atoms with Gasteiger partial charge >= 0.3 is 0 Å². The van der Waals surface area contributed by atoms with Crippen LogP contribution >= 0.6 is 0 Å². The molecule has 9 nitrogen and oxygen atoms in total. The van der Waals surface area contributed by atoms with Gasteiger partial charge in [-0.2, -0.15) is 9.98 Å². The number of H-pyrrole nitrogens is 1. The van der Waals surface area contributed by atoms with Crippen molar-refractivity contribution in [2.75, 3.05) is 23.9 Å². The molecule has 2 aromatic rings. The first kappa shape index (κ1) is 19.8. The topological polar surface area (TPSA) is 117 Å². The molecule has 1 atom stereocenters. The summed E-state index contributed by atoms with van der Waals surface area (Å²) in [5.41, 5.74) is 0.118. The van der Waals surface area contributed by atoms with Crippen LogP contribution in [-0.2, 0) is 9.59 Å². The van der Waals surface area contributed by atoms with Crippen LogP contribution in [0.5, 0.6) is 5.75 Å². The van der Waals surface area contributed by atoms with Crippen LogP contribution in [0.1, 0.15) is 32.6 Å². The summed E-state index contributed by atoms with van der Waals surface area (Å²) in [6, 6.07) is 6.99. The lowest BCUT2D eigenvalue weighted by Gasteiger charge is -2.33. The second-order valence-electron chi connectivity index (χ2n) is 7.47. The predicted octanol–water partition coefficient (Wildman–Crippen LogP) is 0.497. The fraction of sp³-hybridized carbons (Fsp3) is 0.381. The van der Waals surface area contributed by atoms with Gasteiger partial charge in [-0.05, 0) is 50.5 Å². The van der Waals surface area contributed by atoms with Gasteiger partial charge in [0.2, 0.25) is 5.95 Å². The van der Waals surface area contributed by atoms with E-state index in [9.17, 15) is 14.4 Å². The van der Waals surface area contributed by atoms with Crippen molar-refractivity contribution in [3.63, 3.8) is 0 Å². The number of aromatic amines is 1. The van der Waals surface area contributed by atoms with E-state index in [1.807, 2.05) is 4.90 Å². The Morgan fingerprint density at radius 3 is 2.70 bits per heavy atom. The molecule has 0 aliphatic carbocycles. The second kappa shape index (κ2) is 8.10. The van der Waals surface area contributed by atoms with Crippen LogP contribution in [0, 0.1) is 0 Å². The molecule has 3 heterocycles. The summed E-state index contributed by atoms with van der Waals surface area (Å²) in [7, 11) is 1.55. The van der Waals surface area contributed by atoms with E-state index in [1.54, 1.807) is 31.4 Å². The molecule has 2 N–H and O–H groups in total. The Hall–Kier alpha value is -3.49. The molecule has 0 spiro atoms. The Bertz CT molecular complexity index is 1170. The van der Waals surface area contributed by atoms with Crippen LogP contribution in [0.15, 0.2) is 34.1 Å². The zero-order chi connectivity index (χ0) is 21.3. The number of rotatable bonds is 4. The number of carbonyl (C=O) groups excluding carboxylic acids is 2. The molecule has 1 aromatic carbocycles. The van der Waals surface area contributed by atoms with Gasteiger partial charge < -0.3 is 15.0 Å². The zero-order valence-corrected chi connectivity index (χ0v) is 16.9. The van der Waals surface area contributed by atoms with Crippen molar-refractivity contribution >= 4 is 29.0 Å². The van der Waals surface area contributed by atoms with Gasteiger partial charge in [0.1, 0.15) is 5.75 Å². The van der Waals surface area contributed by atoms with E-state index in [0.717, 1.165) is 25.8 Å². The number of hydrogen-bond acceptors (Lipinski definition) is 6. The van der Waals surface area contributed by atoms with E-state index in [1.165, 1.54) is 0 Å². The molecule has 2 amide bonds. The molecule has 2 aliphatic heterocycles. The molecule has 9 heteroatoms. The molecule has 1 aromatic heterocycles. The van der Waals surface area contributed by atoms with Gasteiger partial charge in [-0.25, -0.2) is 0 Å². The first-order chi connectivity index (χ1) is 14.5. The van der Waals surface area contributed by atoms with Crippen molar-refractivity contribution in [2.24, 2.45) is 4.99 Å². The maximum absolute atomic E-state index is 12.9. The van der Waals surface area contributed by atoms with Crippen LogP contribution < -0.4 is 31.2 Å². The number of methoxy groups -OCH3 is 1. The maximum Gasteiger partial charge on any atom is 0.262 e. The van der Waals surface area contributed by atoms with E-state index >= 15 is 0 Å². The third kappa shape index (κ3) is 3.83. The molecule has 0 bridgehead atoms. The summed E-state index contributed by atoms with van der Waals surface area (Å²) in [6.07, 6.45) is 2.87. The first-order valence-corrected chi connectivity index (χ1v) is 9.93. The smallest absolute Gasteiger partial charge is 0.262 e. The minimum Gasteiger partial charge on any atom is -0.497 e. The SMILES string of the molecule is COc1ccc(NC(=O)C2=c3c(nc(N4CCCCC4C)[nH]c3=O)=NC(=O)C2)cc1. The van der Waals surface area contributed by atoms with Crippen molar-refractivity contribution in [1.82, 2.24) is 9.97 Å². The number of nitrogens with one attached hydrogen (secondary N) is 2.